The van der Waals surface area contributed by atoms with Gasteiger partial charge in [0, 0.05) is 5.56 Å². The second-order valence-corrected chi connectivity index (χ2v) is 2.68. The van der Waals surface area contributed by atoms with E-state index in [4.69, 9.17) is 17.2 Å². The number of guanidine groups is 1. The highest BCUT2D eigenvalue weighted by Gasteiger charge is 2.09. The molecule has 0 saturated heterocycles. The van der Waals surface area contributed by atoms with Crippen molar-refractivity contribution in [2.24, 2.45) is 16.5 Å². The average Bonchev–Trinajstić information content (AvgIpc) is 2.13. The molecule has 6 N–H and O–H groups in total. The van der Waals surface area contributed by atoms with Gasteiger partial charge in [0.2, 0.25) is 0 Å². The molecule has 0 aliphatic heterocycles. The Labute approximate surface area is 79.4 Å². The molecule has 0 heterocycles. The van der Waals surface area contributed by atoms with E-state index in [9.17, 15) is 8.78 Å². The summed E-state index contributed by atoms with van der Waals surface area (Å²) in [6.45, 7) is -0.0569. The van der Waals surface area contributed by atoms with E-state index in [0.29, 0.717) is 0 Å². The van der Waals surface area contributed by atoms with Crippen LogP contribution in [0.15, 0.2) is 17.1 Å². The largest absolute Gasteiger partial charge is 0.394 e. The zero-order chi connectivity index (χ0) is 10.7. The fourth-order valence-electron chi connectivity index (χ4n) is 0.913. The van der Waals surface area contributed by atoms with Crippen molar-refractivity contribution in [2.45, 2.75) is 6.54 Å². The average molecular weight is 200 g/mol. The number of rotatable bonds is 2. The number of hydrogen-bond acceptors (Lipinski definition) is 2. The van der Waals surface area contributed by atoms with E-state index in [1.807, 2.05) is 0 Å². The van der Waals surface area contributed by atoms with Gasteiger partial charge in [-0.05, 0) is 6.07 Å². The molecule has 0 unspecified atom stereocenters. The fraction of sp³-hybridized carbons (Fsp3) is 0.125. The Balaban J connectivity index is 3.00. The van der Waals surface area contributed by atoms with E-state index in [2.05, 4.69) is 4.99 Å². The maximum absolute atomic E-state index is 13.2. The summed E-state index contributed by atoms with van der Waals surface area (Å²) in [5.74, 6) is -1.78. The van der Waals surface area contributed by atoms with Crippen LogP contribution in [0.2, 0.25) is 0 Å². The molecule has 1 aromatic carbocycles. The zero-order valence-corrected chi connectivity index (χ0v) is 7.30. The van der Waals surface area contributed by atoms with Crippen LogP contribution in [0.1, 0.15) is 5.56 Å². The molecule has 0 aliphatic rings. The van der Waals surface area contributed by atoms with Gasteiger partial charge in [-0.1, -0.05) is 6.07 Å². The second kappa shape index (κ2) is 3.91. The standard InChI is InChI=1S/C8H10F2N4/c9-5-2-1-4(3-14-8(12)13)6(10)7(5)11/h1-2H,3,11H2,(H4,12,13,14). The molecule has 4 nitrogen and oxygen atoms in total. The molecule has 6 heteroatoms. The molecular weight excluding hydrogens is 190 g/mol. The van der Waals surface area contributed by atoms with Crippen molar-refractivity contribution in [2.75, 3.05) is 5.73 Å². The summed E-state index contributed by atoms with van der Waals surface area (Å²) in [6.07, 6.45) is 0. The van der Waals surface area contributed by atoms with Crippen LogP contribution in [0.3, 0.4) is 0 Å². The molecule has 76 valence electrons. The summed E-state index contributed by atoms with van der Waals surface area (Å²) in [7, 11) is 0. The SMILES string of the molecule is NC(N)=NCc1ccc(F)c(N)c1F. The van der Waals surface area contributed by atoms with Gasteiger partial charge in [0.15, 0.2) is 11.8 Å². The first-order valence-electron chi connectivity index (χ1n) is 3.80. The van der Waals surface area contributed by atoms with Gasteiger partial charge >= 0.3 is 0 Å². The molecule has 0 saturated carbocycles. The van der Waals surface area contributed by atoms with Gasteiger partial charge in [-0.25, -0.2) is 13.8 Å². The van der Waals surface area contributed by atoms with Crippen LogP contribution < -0.4 is 17.2 Å². The van der Waals surface area contributed by atoms with E-state index in [1.165, 1.54) is 6.07 Å². The van der Waals surface area contributed by atoms with Crippen molar-refractivity contribution in [3.63, 3.8) is 0 Å². The number of hydrogen-bond donors (Lipinski definition) is 3. The highest BCUT2D eigenvalue weighted by molar-refractivity contribution is 5.75. The lowest BCUT2D eigenvalue weighted by atomic mass is 10.2. The normalized spacial score (nSPS) is 9.86. The highest BCUT2D eigenvalue weighted by atomic mass is 19.1. The number of benzene rings is 1. The molecule has 0 fully saturated rings. The molecule has 0 amide bonds. The summed E-state index contributed by atoms with van der Waals surface area (Å²) in [5, 5.41) is 0. The Kier molecular flexibility index (Phi) is 2.85. The van der Waals surface area contributed by atoms with Gasteiger partial charge in [-0.3, -0.25) is 0 Å². The number of aliphatic imine (C=N–C) groups is 1. The third-order valence-electron chi connectivity index (χ3n) is 1.64. The van der Waals surface area contributed by atoms with Gasteiger partial charge in [-0.15, -0.1) is 0 Å². The van der Waals surface area contributed by atoms with Gasteiger partial charge in [0.25, 0.3) is 0 Å². The quantitative estimate of drug-likeness (QED) is 0.365. The Morgan fingerprint density at radius 3 is 2.50 bits per heavy atom. The minimum Gasteiger partial charge on any atom is -0.394 e. The summed E-state index contributed by atoms with van der Waals surface area (Å²) in [4.78, 5) is 3.58. The predicted octanol–water partition coefficient (Wildman–Crippen LogP) is 0.320. The Morgan fingerprint density at radius 2 is 1.93 bits per heavy atom. The first kappa shape index (κ1) is 10.2. The number of nitrogen functional groups attached to an aromatic ring is 1. The van der Waals surface area contributed by atoms with Crippen LogP contribution in [-0.4, -0.2) is 5.96 Å². The van der Waals surface area contributed by atoms with E-state index < -0.39 is 17.3 Å². The lowest BCUT2D eigenvalue weighted by Crippen LogP contribution is -2.22. The summed E-state index contributed by atoms with van der Waals surface area (Å²) in [6, 6.07) is 2.31. The van der Waals surface area contributed by atoms with Crippen LogP contribution >= 0.6 is 0 Å². The van der Waals surface area contributed by atoms with E-state index in [1.54, 1.807) is 0 Å². The van der Waals surface area contributed by atoms with Crippen LogP contribution in [-0.2, 0) is 6.54 Å². The van der Waals surface area contributed by atoms with E-state index in [0.717, 1.165) is 6.07 Å². The summed E-state index contributed by atoms with van der Waals surface area (Å²) >= 11 is 0. The highest BCUT2D eigenvalue weighted by Crippen LogP contribution is 2.19. The topological polar surface area (TPSA) is 90.4 Å². The van der Waals surface area contributed by atoms with E-state index in [-0.39, 0.29) is 18.1 Å². The molecule has 14 heavy (non-hydrogen) atoms. The number of anilines is 1. The molecule has 0 spiro atoms. The molecule has 0 bridgehead atoms. The maximum atomic E-state index is 13.2. The molecule has 0 aromatic heterocycles. The fourth-order valence-corrected chi connectivity index (χ4v) is 0.913. The monoisotopic (exact) mass is 200 g/mol. The molecule has 0 aliphatic carbocycles. The van der Waals surface area contributed by atoms with Crippen molar-refractivity contribution in [1.82, 2.24) is 0 Å². The van der Waals surface area contributed by atoms with Crippen LogP contribution in [0.4, 0.5) is 14.5 Å². The maximum Gasteiger partial charge on any atom is 0.186 e. The van der Waals surface area contributed by atoms with Crippen molar-refractivity contribution in [1.29, 1.82) is 0 Å². The van der Waals surface area contributed by atoms with Crippen LogP contribution in [0.25, 0.3) is 0 Å². The lowest BCUT2D eigenvalue weighted by Gasteiger charge is -2.03. The molecule has 0 atom stereocenters. The van der Waals surface area contributed by atoms with Gasteiger partial charge in [-0.2, -0.15) is 0 Å². The molecule has 0 radical (unpaired) electrons. The number of nitrogens with zero attached hydrogens (tertiary/aromatic N) is 1. The van der Waals surface area contributed by atoms with E-state index >= 15 is 0 Å². The van der Waals surface area contributed by atoms with Gasteiger partial charge < -0.3 is 17.2 Å². The molecular formula is C8H10F2N4. The number of halogens is 2. The molecule has 1 rings (SSSR count). The predicted molar refractivity (Wildman–Crippen MR) is 50.3 cm³/mol. The third-order valence-corrected chi connectivity index (χ3v) is 1.64. The van der Waals surface area contributed by atoms with Crippen molar-refractivity contribution in [3.8, 4) is 0 Å². The van der Waals surface area contributed by atoms with Crippen molar-refractivity contribution < 1.29 is 8.78 Å². The second-order valence-electron chi connectivity index (χ2n) is 2.68. The lowest BCUT2D eigenvalue weighted by molar-refractivity contribution is 0.581. The first-order valence-corrected chi connectivity index (χ1v) is 3.80. The van der Waals surface area contributed by atoms with Crippen LogP contribution in [0.5, 0.6) is 0 Å². The zero-order valence-electron chi connectivity index (χ0n) is 7.30. The summed E-state index contributed by atoms with van der Waals surface area (Å²) < 4.78 is 25.9. The Hall–Kier alpha value is -1.85. The Morgan fingerprint density at radius 1 is 1.29 bits per heavy atom. The Bertz CT molecular complexity index is 372. The van der Waals surface area contributed by atoms with Gasteiger partial charge in [0.05, 0.1) is 6.54 Å². The van der Waals surface area contributed by atoms with Crippen molar-refractivity contribution in [3.05, 3.63) is 29.3 Å². The first-order chi connectivity index (χ1) is 6.52. The smallest absolute Gasteiger partial charge is 0.186 e. The van der Waals surface area contributed by atoms with Crippen molar-refractivity contribution >= 4 is 11.6 Å². The summed E-state index contributed by atoms with van der Waals surface area (Å²) in [5.41, 5.74) is 14.9. The number of nitrogens with two attached hydrogens (primary N) is 3. The minimum absolute atomic E-state index is 0.0569. The van der Waals surface area contributed by atoms with Crippen LogP contribution in [0, 0.1) is 11.6 Å². The van der Waals surface area contributed by atoms with Gasteiger partial charge in [0.1, 0.15) is 11.5 Å². The minimum atomic E-state index is -0.824. The third kappa shape index (κ3) is 2.09. The molecule has 1 aromatic rings.